The van der Waals surface area contributed by atoms with Crippen molar-refractivity contribution in [2.45, 2.75) is 52.4 Å². The van der Waals surface area contributed by atoms with Crippen LogP contribution in [0.25, 0.3) is 0 Å². The number of nitrogens with one attached hydrogen (secondary N) is 1. The van der Waals surface area contributed by atoms with Gasteiger partial charge in [0.05, 0.1) is 0 Å². The molecule has 0 aromatic carbocycles. The molecule has 2 rings (SSSR count). The van der Waals surface area contributed by atoms with Crippen LogP contribution in [0.3, 0.4) is 0 Å². The van der Waals surface area contributed by atoms with Gasteiger partial charge in [0.1, 0.15) is 5.82 Å². The molecule has 1 saturated carbocycles. The number of nitrogen functional groups attached to an aromatic ring is 1. The Bertz CT molecular complexity index is 479. The van der Waals surface area contributed by atoms with E-state index < -0.39 is 0 Å². The average molecular weight is 289 g/mol. The van der Waals surface area contributed by atoms with Gasteiger partial charge in [-0.05, 0) is 36.8 Å². The molecular formula is C17H27N3O. The lowest BCUT2D eigenvalue weighted by Crippen LogP contribution is -2.27. The largest absolute Gasteiger partial charge is 0.384 e. The molecule has 4 heteroatoms. The fourth-order valence-electron chi connectivity index (χ4n) is 3.03. The molecule has 0 saturated heterocycles. The molecule has 1 aromatic heterocycles. The molecule has 3 N–H and O–H groups in total. The Balaban J connectivity index is 1.80. The van der Waals surface area contributed by atoms with Gasteiger partial charge in [-0.15, -0.1) is 0 Å². The highest BCUT2D eigenvalue weighted by Gasteiger charge is 2.18. The Morgan fingerprint density at radius 1 is 1.33 bits per heavy atom. The molecule has 0 aliphatic heterocycles. The van der Waals surface area contributed by atoms with Gasteiger partial charge >= 0.3 is 0 Å². The zero-order valence-electron chi connectivity index (χ0n) is 13.2. The summed E-state index contributed by atoms with van der Waals surface area (Å²) in [6, 6.07) is 3.48. The number of anilines is 1. The van der Waals surface area contributed by atoms with Crippen LogP contribution in [0.2, 0.25) is 0 Å². The third-order valence-electron chi connectivity index (χ3n) is 4.50. The Morgan fingerprint density at radius 3 is 2.71 bits per heavy atom. The van der Waals surface area contributed by atoms with E-state index in [1.165, 1.54) is 25.7 Å². The van der Waals surface area contributed by atoms with Gasteiger partial charge < -0.3 is 11.1 Å². The molecule has 1 aromatic rings. The van der Waals surface area contributed by atoms with Gasteiger partial charge in [0, 0.05) is 17.8 Å². The number of hydrogen-bond acceptors (Lipinski definition) is 3. The van der Waals surface area contributed by atoms with Crippen molar-refractivity contribution in [1.82, 2.24) is 10.3 Å². The van der Waals surface area contributed by atoms with Crippen molar-refractivity contribution in [3.63, 3.8) is 0 Å². The number of pyridine rings is 1. The first-order chi connectivity index (χ1) is 10.1. The summed E-state index contributed by atoms with van der Waals surface area (Å²) in [5.74, 6) is 2.03. The summed E-state index contributed by atoms with van der Waals surface area (Å²) in [5, 5.41) is 3.01. The molecule has 1 aliphatic rings. The summed E-state index contributed by atoms with van der Waals surface area (Å²) in [4.78, 5) is 16.4. The predicted molar refractivity (Wildman–Crippen MR) is 86.1 cm³/mol. The minimum Gasteiger partial charge on any atom is -0.384 e. The van der Waals surface area contributed by atoms with Crippen molar-refractivity contribution >= 4 is 11.7 Å². The normalized spacial score (nSPS) is 22.0. The number of rotatable bonds is 5. The van der Waals surface area contributed by atoms with Crippen molar-refractivity contribution in [3.8, 4) is 0 Å². The minimum atomic E-state index is -0.0389. The number of aryl methyl sites for hydroxylation is 1. The van der Waals surface area contributed by atoms with Crippen LogP contribution in [-0.4, -0.2) is 17.4 Å². The third-order valence-corrected chi connectivity index (χ3v) is 4.50. The number of hydrogen-bond donors (Lipinski definition) is 2. The summed E-state index contributed by atoms with van der Waals surface area (Å²) in [6.07, 6.45) is 7.14. The quantitative estimate of drug-likeness (QED) is 0.874. The van der Waals surface area contributed by atoms with Crippen LogP contribution in [0.1, 0.15) is 62.0 Å². The minimum absolute atomic E-state index is 0.0389. The zero-order chi connectivity index (χ0) is 15.2. The summed E-state index contributed by atoms with van der Waals surface area (Å²) < 4.78 is 0. The molecule has 116 valence electrons. The van der Waals surface area contributed by atoms with Crippen molar-refractivity contribution in [2.75, 3.05) is 12.3 Å². The maximum Gasteiger partial charge on any atom is 0.251 e. The van der Waals surface area contributed by atoms with Crippen molar-refractivity contribution in [2.24, 2.45) is 11.8 Å². The highest BCUT2D eigenvalue weighted by Crippen LogP contribution is 2.29. The van der Waals surface area contributed by atoms with Crippen LogP contribution < -0.4 is 11.1 Å². The Labute approximate surface area is 127 Å². The molecule has 0 bridgehead atoms. The molecule has 4 nitrogen and oxygen atoms in total. The van der Waals surface area contributed by atoms with E-state index in [4.69, 9.17) is 5.73 Å². The Morgan fingerprint density at radius 2 is 2.05 bits per heavy atom. The summed E-state index contributed by atoms with van der Waals surface area (Å²) in [5.41, 5.74) is 7.22. The smallest absolute Gasteiger partial charge is 0.251 e. The van der Waals surface area contributed by atoms with E-state index >= 15 is 0 Å². The molecule has 1 aliphatic carbocycles. The van der Waals surface area contributed by atoms with Crippen LogP contribution in [0.4, 0.5) is 5.82 Å². The van der Waals surface area contributed by atoms with E-state index in [2.05, 4.69) is 17.2 Å². The molecule has 1 fully saturated rings. The molecule has 1 heterocycles. The Kier molecular flexibility index (Phi) is 5.59. The first-order valence-corrected chi connectivity index (χ1v) is 8.13. The summed E-state index contributed by atoms with van der Waals surface area (Å²) in [6.45, 7) is 5.09. The fraction of sp³-hybridized carbons (Fsp3) is 0.647. The highest BCUT2D eigenvalue weighted by molar-refractivity contribution is 5.94. The van der Waals surface area contributed by atoms with Crippen molar-refractivity contribution in [3.05, 3.63) is 23.4 Å². The molecule has 0 spiro atoms. The number of carbonyl (C=O) groups is 1. The predicted octanol–water partition coefficient (Wildman–Crippen LogP) is 3.17. The van der Waals surface area contributed by atoms with E-state index in [1.807, 2.05) is 13.0 Å². The lowest BCUT2D eigenvalue weighted by atomic mass is 9.81. The zero-order valence-corrected chi connectivity index (χ0v) is 13.2. The van der Waals surface area contributed by atoms with Crippen LogP contribution in [0, 0.1) is 11.8 Å². The third kappa shape index (κ3) is 4.73. The second kappa shape index (κ2) is 7.43. The summed E-state index contributed by atoms with van der Waals surface area (Å²) >= 11 is 0. The number of amides is 1. The van der Waals surface area contributed by atoms with Gasteiger partial charge in [-0.2, -0.15) is 0 Å². The maximum atomic E-state index is 12.2. The second-order valence-corrected chi connectivity index (χ2v) is 6.30. The highest BCUT2D eigenvalue weighted by atomic mass is 16.1. The van der Waals surface area contributed by atoms with E-state index in [-0.39, 0.29) is 5.91 Å². The standard InChI is InChI=1S/C17H27N3O/c1-3-15-10-14(11-16(18)20-15)17(21)19-9-8-13-6-4-12(2)5-7-13/h10-13H,3-9H2,1-2H3,(H2,18,20)(H,19,21). The van der Waals surface area contributed by atoms with E-state index in [1.54, 1.807) is 6.07 Å². The topological polar surface area (TPSA) is 68.0 Å². The second-order valence-electron chi connectivity index (χ2n) is 6.30. The Hall–Kier alpha value is -1.58. The number of aromatic nitrogens is 1. The first-order valence-electron chi connectivity index (χ1n) is 8.13. The van der Waals surface area contributed by atoms with Gasteiger partial charge in [-0.25, -0.2) is 4.98 Å². The van der Waals surface area contributed by atoms with Crippen LogP contribution in [-0.2, 0) is 6.42 Å². The van der Waals surface area contributed by atoms with Crippen LogP contribution in [0.5, 0.6) is 0 Å². The van der Waals surface area contributed by atoms with Crippen LogP contribution in [0.15, 0.2) is 12.1 Å². The average Bonchev–Trinajstić information content (AvgIpc) is 2.48. The number of nitrogens with zero attached hydrogens (tertiary/aromatic N) is 1. The first kappa shape index (κ1) is 15.8. The van der Waals surface area contributed by atoms with E-state index in [0.29, 0.717) is 11.4 Å². The van der Waals surface area contributed by atoms with Crippen LogP contribution >= 0.6 is 0 Å². The number of nitrogens with two attached hydrogens (primary N) is 1. The van der Waals surface area contributed by atoms with Gasteiger partial charge in [-0.3, -0.25) is 4.79 Å². The molecule has 0 radical (unpaired) electrons. The van der Waals surface area contributed by atoms with Crippen molar-refractivity contribution in [1.29, 1.82) is 0 Å². The maximum absolute atomic E-state index is 12.2. The monoisotopic (exact) mass is 289 g/mol. The van der Waals surface area contributed by atoms with E-state index in [9.17, 15) is 4.79 Å². The molecule has 21 heavy (non-hydrogen) atoms. The lowest BCUT2D eigenvalue weighted by Gasteiger charge is -2.26. The van der Waals surface area contributed by atoms with Gasteiger partial charge in [0.25, 0.3) is 5.91 Å². The van der Waals surface area contributed by atoms with Gasteiger partial charge in [0.15, 0.2) is 0 Å². The SMILES string of the molecule is CCc1cc(C(=O)NCCC2CCC(C)CC2)cc(N)n1. The fourth-order valence-corrected chi connectivity index (χ4v) is 3.03. The lowest BCUT2D eigenvalue weighted by molar-refractivity contribution is 0.0949. The van der Waals surface area contributed by atoms with Crippen molar-refractivity contribution < 1.29 is 4.79 Å². The van der Waals surface area contributed by atoms with E-state index in [0.717, 1.165) is 36.9 Å². The molecule has 0 atom stereocenters. The molecule has 0 unspecified atom stereocenters. The summed E-state index contributed by atoms with van der Waals surface area (Å²) in [7, 11) is 0. The molecular weight excluding hydrogens is 262 g/mol. The van der Waals surface area contributed by atoms with Gasteiger partial charge in [0.2, 0.25) is 0 Å². The van der Waals surface area contributed by atoms with Gasteiger partial charge in [-0.1, -0.05) is 39.5 Å². The number of carbonyl (C=O) groups excluding carboxylic acids is 1. The molecule has 1 amide bonds.